The Kier molecular flexibility index (Phi) is 12.6. The Morgan fingerprint density at radius 1 is 0.641 bits per heavy atom. The Balaban J connectivity index is 0.000000267. The maximum absolute atomic E-state index is 5.88. The van der Waals surface area contributed by atoms with Crippen molar-refractivity contribution < 1.29 is 21.8 Å². The summed E-state index contributed by atoms with van der Waals surface area (Å²) in [5, 5.41) is 7.97. The van der Waals surface area contributed by atoms with Crippen LogP contribution in [0.2, 0.25) is 0 Å². The Hall–Kier alpha value is -2.07. The van der Waals surface area contributed by atoms with Gasteiger partial charge in [-0.05, 0) is 81.6 Å². The summed E-state index contributed by atoms with van der Waals surface area (Å²) in [6.45, 7) is 8.14. The summed E-state index contributed by atoms with van der Waals surface area (Å²) in [6.07, 6.45) is 0. The number of nitrogens with zero attached hydrogens (tertiary/aromatic N) is 1. The molecule has 5 rings (SSSR count). The number of rotatable bonds is 7. The fourth-order valence-corrected chi connectivity index (χ4v) is 10.6. The maximum Gasteiger partial charge on any atom is 0.307 e. The summed E-state index contributed by atoms with van der Waals surface area (Å²) in [5.74, 6) is 0. The third-order valence-electron chi connectivity index (χ3n) is 6.34. The van der Waals surface area contributed by atoms with Gasteiger partial charge in [0, 0.05) is 39.3 Å². The molecule has 1 unspecified atom stereocenters. The number of hydrogen-bond acceptors (Lipinski definition) is 1. The zero-order valence-electron chi connectivity index (χ0n) is 22.9. The molecule has 0 fully saturated rings. The molecule has 0 aliphatic rings. The van der Waals surface area contributed by atoms with Crippen LogP contribution < -0.4 is 21.2 Å². The molecule has 0 amide bonds. The molecule has 5 heteroatoms. The number of benzene rings is 5. The molecule has 0 bridgehead atoms. The molecule has 5 aromatic carbocycles. The van der Waals surface area contributed by atoms with Gasteiger partial charge in [0.1, 0.15) is 15.9 Å². The fraction of sp³-hybridized carbons (Fsp3) is 0.176. The van der Waals surface area contributed by atoms with Gasteiger partial charge >= 0.3 is 6.85 Å². The molecule has 0 aliphatic heterocycles. The van der Waals surface area contributed by atoms with Crippen LogP contribution in [-0.2, 0) is 32.2 Å². The van der Waals surface area contributed by atoms with Gasteiger partial charge in [-0.1, -0.05) is 84.9 Å². The van der Waals surface area contributed by atoms with Gasteiger partial charge in [0.05, 0.1) is 7.92 Å². The Bertz CT molecular complexity index is 1340. The van der Waals surface area contributed by atoms with E-state index in [0.717, 1.165) is 0 Å². The Morgan fingerprint density at radius 3 is 1.51 bits per heavy atom. The largest absolute Gasteiger partial charge is 0.307 e. The molecule has 203 valence electrons. The van der Waals surface area contributed by atoms with E-state index in [1.54, 1.807) is 0 Å². The second kappa shape index (κ2) is 15.6. The minimum atomic E-state index is -0.877. The SMILES string of the molecule is CC(C)N(C(C)C)[P+](=S)c1cccc2ccc[c]c12.[HH].[Pd].c1ccc([PH+](c2ccccc2)c2ccccc2)cc1. The third kappa shape index (κ3) is 8.22. The minimum absolute atomic E-state index is 0. The van der Waals surface area contributed by atoms with Crippen LogP contribution in [0.15, 0.2) is 127 Å². The number of hydrogen-bond donors (Lipinski definition) is 0. The van der Waals surface area contributed by atoms with E-state index in [1.165, 1.54) is 32.0 Å². The predicted molar refractivity (Wildman–Crippen MR) is 177 cm³/mol. The zero-order valence-corrected chi connectivity index (χ0v) is 27.2. The standard InChI is InChI=1S/C18H15P.C16H20NPS.Pd.H2/c1-4-10-16(11-5-1)19(17-12-6-2-7-13-17)18-14-8-3-9-15-18;1-12(2)17(13(3)4)18(19)16-11-7-9-14-8-5-6-10-15(14)16;;/h1-15H;5-9,11-13H,1-4H3;;1H/q;+1;;/p+1. The Labute approximate surface area is 257 Å². The van der Waals surface area contributed by atoms with Crippen molar-refractivity contribution in [1.29, 1.82) is 0 Å². The summed E-state index contributed by atoms with van der Waals surface area (Å²) in [7, 11) is -0.877. The molecule has 1 nitrogen and oxygen atoms in total. The average Bonchev–Trinajstić information content (AvgIpc) is 2.94. The van der Waals surface area contributed by atoms with Crippen LogP contribution in [-0.4, -0.2) is 16.8 Å². The molecular weight excluding hydrogens is 623 g/mol. The van der Waals surface area contributed by atoms with Gasteiger partial charge in [0.15, 0.2) is 17.1 Å². The number of fused-ring (bicyclic) bond motifs is 1. The summed E-state index contributed by atoms with van der Waals surface area (Å²) in [5.41, 5.74) is 0. The summed E-state index contributed by atoms with van der Waals surface area (Å²) < 4.78 is 2.43. The van der Waals surface area contributed by atoms with E-state index in [4.69, 9.17) is 11.8 Å². The molecule has 0 spiro atoms. The average molecular weight is 661 g/mol. The van der Waals surface area contributed by atoms with Crippen molar-refractivity contribution in [3.05, 3.63) is 133 Å². The summed E-state index contributed by atoms with van der Waals surface area (Å²) >= 11 is 5.88. The second-order valence-corrected chi connectivity index (χ2v) is 14.7. The van der Waals surface area contributed by atoms with Crippen molar-refractivity contribution in [2.75, 3.05) is 0 Å². The summed E-state index contributed by atoms with van der Waals surface area (Å²) in [4.78, 5) is 0. The fourth-order valence-electron chi connectivity index (χ4n) is 4.75. The van der Waals surface area contributed by atoms with Gasteiger partial charge in [-0.3, -0.25) is 0 Å². The maximum atomic E-state index is 5.88. The first-order valence-electron chi connectivity index (χ1n) is 13.2. The van der Waals surface area contributed by atoms with E-state index in [-0.39, 0.29) is 21.8 Å². The third-order valence-corrected chi connectivity index (χ3v) is 12.4. The predicted octanol–water partition coefficient (Wildman–Crippen LogP) is 7.66. The normalized spacial score (nSPS) is 11.3. The van der Waals surface area contributed by atoms with Crippen molar-refractivity contribution in [1.82, 2.24) is 4.67 Å². The van der Waals surface area contributed by atoms with E-state index >= 15 is 0 Å². The van der Waals surface area contributed by atoms with Crippen molar-refractivity contribution in [3.63, 3.8) is 0 Å². The van der Waals surface area contributed by atoms with Gasteiger partial charge in [0.2, 0.25) is 0 Å². The van der Waals surface area contributed by atoms with Crippen LogP contribution in [0.5, 0.6) is 0 Å². The van der Waals surface area contributed by atoms with Gasteiger partial charge in [-0.2, -0.15) is 0 Å². The van der Waals surface area contributed by atoms with Gasteiger partial charge in [0.25, 0.3) is 0 Å². The van der Waals surface area contributed by atoms with Crippen LogP contribution in [0.4, 0.5) is 0 Å². The van der Waals surface area contributed by atoms with Crippen LogP contribution in [0.1, 0.15) is 29.1 Å². The van der Waals surface area contributed by atoms with Gasteiger partial charge in [-0.15, -0.1) is 4.67 Å². The molecule has 0 saturated heterocycles. The van der Waals surface area contributed by atoms with Crippen molar-refractivity contribution in [2.24, 2.45) is 0 Å². The molecule has 0 saturated carbocycles. The molecule has 0 heterocycles. The quantitative estimate of drug-likeness (QED) is 0.130. The van der Waals surface area contributed by atoms with Crippen LogP contribution >= 0.6 is 14.8 Å². The molecule has 0 aromatic heterocycles. The molecule has 39 heavy (non-hydrogen) atoms. The zero-order chi connectivity index (χ0) is 26.9. The van der Waals surface area contributed by atoms with E-state index < -0.39 is 14.8 Å². The summed E-state index contributed by atoms with van der Waals surface area (Å²) in [6, 6.07) is 49.3. The van der Waals surface area contributed by atoms with Gasteiger partial charge < -0.3 is 0 Å². The first-order chi connectivity index (χ1) is 18.5. The topological polar surface area (TPSA) is 3.24 Å². The molecule has 1 atom stereocenters. The molecule has 1 radical (unpaired) electrons. The molecule has 0 N–H and O–H groups in total. The monoisotopic (exact) mass is 660 g/mol. The van der Waals surface area contributed by atoms with Crippen molar-refractivity contribution >= 4 is 58.6 Å². The minimum Gasteiger partial charge on any atom is -0.111 e. The second-order valence-electron chi connectivity index (χ2n) is 9.73. The van der Waals surface area contributed by atoms with Crippen LogP contribution in [0.3, 0.4) is 0 Å². The molecule has 0 aliphatic carbocycles. The Morgan fingerprint density at radius 2 is 1.08 bits per heavy atom. The van der Waals surface area contributed by atoms with Crippen LogP contribution in [0, 0.1) is 6.07 Å². The van der Waals surface area contributed by atoms with E-state index in [9.17, 15) is 0 Å². The molecule has 5 aromatic rings. The van der Waals surface area contributed by atoms with E-state index in [2.05, 4.69) is 154 Å². The van der Waals surface area contributed by atoms with Crippen molar-refractivity contribution in [3.8, 4) is 0 Å². The van der Waals surface area contributed by atoms with E-state index in [0.29, 0.717) is 12.1 Å². The first kappa shape index (κ1) is 31.5. The smallest absolute Gasteiger partial charge is 0.111 e. The van der Waals surface area contributed by atoms with Crippen LogP contribution in [0.25, 0.3) is 10.8 Å². The van der Waals surface area contributed by atoms with Crippen molar-refractivity contribution in [2.45, 2.75) is 39.8 Å². The van der Waals surface area contributed by atoms with E-state index in [1.807, 2.05) is 12.1 Å². The molecular formula is C34H38NP2PdS+2. The first-order valence-corrected chi connectivity index (χ1v) is 17.0. The van der Waals surface area contributed by atoms with Gasteiger partial charge in [-0.25, -0.2) is 0 Å².